The third-order valence-electron chi connectivity index (χ3n) is 4.32. The zero-order valence-electron chi connectivity index (χ0n) is 16.6. The minimum Gasteiger partial charge on any atom is -0.356 e. The molecule has 0 atom stereocenters. The Kier molecular flexibility index (Phi) is 11.4. The van der Waals surface area contributed by atoms with Gasteiger partial charge in [-0.2, -0.15) is 8.42 Å². The van der Waals surface area contributed by atoms with E-state index in [0.717, 1.165) is 25.3 Å². The van der Waals surface area contributed by atoms with Gasteiger partial charge in [0.2, 0.25) is 5.91 Å². The van der Waals surface area contributed by atoms with Crippen LogP contribution in [0.1, 0.15) is 77.6 Å². The van der Waals surface area contributed by atoms with Crippen LogP contribution >= 0.6 is 0 Å². The Bertz CT molecular complexity index is 693. The minimum atomic E-state index is -4.35. The second kappa shape index (κ2) is 13.3. The smallest absolute Gasteiger partial charge is 0.345 e. The molecular weight excluding hydrogens is 382 g/mol. The van der Waals surface area contributed by atoms with E-state index in [9.17, 15) is 22.8 Å². The first-order valence-corrected chi connectivity index (χ1v) is 11.4. The van der Waals surface area contributed by atoms with Crippen molar-refractivity contribution >= 4 is 27.8 Å². The van der Waals surface area contributed by atoms with Crippen molar-refractivity contribution in [3.05, 3.63) is 23.1 Å². The summed E-state index contributed by atoms with van der Waals surface area (Å²) < 4.78 is 28.4. The summed E-state index contributed by atoms with van der Waals surface area (Å²) in [5.41, 5.74) is 0. The summed E-state index contributed by atoms with van der Waals surface area (Å²) in [4.78, 5) is 34.5. The fourth-order valence-electron chi connectivity index (χ4n) is 2.73. The molecule has 0 aliphatic heterocycles. The molecule has 8 heteroatoms. The van der Waals surface area contributed by atoms with Gasteiger partial charge in [0.25, 0.3) is 0 Å². The van der Waals surface area contributed by atoms with E-state index in [1.165, 1.54) is 25.0 Å². The molecule has 0 saturated heterocycles. The third kappa shape index (κ3) is 9.82. The number of Topliss-reactive ketones (excluding diaryl/α,β-unsaturated/α-hetero) is 1. The van der Waals surface area contributed by atoms with Gasteiger partial charge < -0.3 is 9.50 Å². The number of hydrogen-bond acceptors (Lipinski definition) is 6. The Morgan fingerprint density at radius 2 is 1.71 bits per heavy atom. The predicted octanol–water partition coefficient (Wildman–Crippen LogP) is 3.31. The molecule has 158 valence electrons. The van der Waals surface area contributed by atoms with Gasteiger partial charge in [-0.25, -0.2) is 0 Å². The Labute approximate surface area is 167 Å². The predicted molar refractivity (Wildman–Crippen MR) is 107 cm³/mol. The van der Waals surface area contributed by atoms with Crippen LogP contribution in [0, 0.1) is 0 Å². The Balaban J connectivity index is 2.12. The van der Waals surface area contributed by atoms with Crippen LogP contribution in [0.2, 0.25) is 0 Å². The first-order chi connectivity index (χ1) is 13.4. The molecule has 0 fully saturated rings. The van der Waals surface area contributed by atoms with E-state index in [1.54, 1.807) is 0 Å². The van der Waals surface area contributed by atoms with Crippen LogP contribution in [0.25, 0.3) is 0 Å². The molecule has 0 aromatic rings. The number of allylic oxidation sites excluding steroid dienone is 4. The first-order valence-electron chi connectivity index (χ1n) is 10.0. The van der Waals surface area contributed by atoms with E-state index in [-0.39, 0.29) is 18.7 Å². The molecule has 0 saturated carbocycles. The van der Waals surface area contributed by atoms with Crippen LogP contribution in [0.5, 0.6) is 0 Å². The SMILES string of the molecule is CCCCCCCC(=O)NCCCCCC(=O)OS(=O)(=O)C1=CC=CCC1=O. The van der Waals surface area contributed by atoms with Crippen LogP contribution in [-0.2, 0) is 28.7 Å². The van der Waals surface area contributed by atoms with Crippen molar-refractivity contribution in [1.82, 2.24) is 5.32 Å². The molecule has 1 aliphatic rings. The Morgan fingerprint density at radius 3 is 2.43 bits per heavy atom. The van der Waals surface area contributed by atoms with Crippen molar-refractivity contribution in [2.24, 2.45) is 0 Å². The highest BCUT2D eigenvalue weighted by atomic mass is 32.2. The zero-order chi connectivity index (χ0) is 20.8. The summed E-state index contributed by atoms with van der Waals surface area (Å²) in [6, 6.07) is 0. The van der Waals surface area contributed by atoms with Gasteiger partial charge in [-0.3, -0.25) is 14.4 Å². The van der Waals surface area contributed by atoms with Gasteiger partial charge in [0.05, 0.1) is 0 Å². The zero-order valence-corrected chi connectivity index (χ0v) is 17.4. The van der Waals surface area contributed by atoms with E-state index in [1.807, 2.05) is 0 Å². The first kappa shape index (κ1) is 24.1. The largest absolute Gasteiger partial charge is 0.356 e. The van der Waals surface area contributed by atoms with E-state index in [4.69, 9.17) is 0 Å². The molecule has 0 radical (unpaired) electrons. The van der Waals surface area contributed by atoms with Crippen LogP contribution in [0.15, 0.2) is 23.1 Å². The maximum atomic E-state index is 11.9. The molecule has 0 spiro atoms. The molecule has 0 heterocycles. The van der Waals surface area contributed by atoms with Crippen molar-refractivity contribution in [1.29, 1.82) is 0 Å². The van der Waals surface area contributed by atoms with Gasteiger partial charge >= 0.3 is 16.1 Å². The minimum absolute atomic E-state index is 0.0208. The lowest BCUT2D eigenvalue weighted by Crippen LogP contribution is -2.24. The topological polar surface area (TPSA) is 107 Å². The van der Waals surface area contributed by atoms with E-state index < -0.39 is 26.8 Å². The summed E-state index contributed by atoms with van der Waals surface area (Å²) in [5, 5.41) is 2.85. The second-order valence-electron chi connectivity index (χ2n) is 6.82. The Hall–Kier alpha value is -1.96. The number of carbonyl (C=O) groups excluding carboxylic acids is 3. The Morgan fingerprint density at radius 1 is 1.04 bits per heavy atom. The summed E-state index contributed by atoms with van der Waals surface area (Å²) in [7, 11) is -4.35. The average molecular weight is 414 g/mol. The fraction of sp³-hybridized carbons (Fsp3) is 0.650. The normalized spacial score (nSPS) is 13.9. The van der Waals surface area contributed by atoms with Crippen LogP contribution in [0.3, 0.4) is 0 Å². The monoisotopic (exact) mass is 413 g/mol. The molecule has 0 unspecified atom stereocenters. The van der Waals surface area contributed by atoms with E-state index in [2.05, 4.69) is 16.4 Å². The van der Waals surface area contributed by atoms with E-state index in [0.29, 0.717) is 32.2 Å². The number of carbonyl (C=O) groups is 3. The van der Waals surface area contributed by atoms with Gasteiger partial charge in [0.15, 0.2) is 5.78 Å². The van der Waals surface area contributed by atoms with Gasteiger partial charge in [-0.05, 0) is 25.3 Å². The molecule has 28 heavy (non-hydrogen) atoms. The van der Waals surface area contributed by atoms with Gasteiger partial charge in [0, 0.05) is 25.8 Å². The third-order valence-corrected chi connectivity index (χ3v) is 5.63. The maximum absolute atomic E-state index is 11.9. The number of rotatable bonds is 14. The molecule has 1 amide bonds. The van der Waals surface area contributed by atoms with Gasteiger partial charge in [0.1, 0.15) is 4.91 Å². The van der Waals surface area contributed by atoms with Crippen molar-refractivity contribution in [3.8, 4) is 0 Å². The summed E-state index contributed by atoms with van der Waals surface area (Å²) in [6.07, 6.45) is 11.9. The van der Waals surface area contributed by atoms with Crippen molar-refractivity contribution < 1.29 is 27.0 Å². The summed E-state index contributed by atoms with van der Waals surface area (Å²) in [6.45, 7) is 2.69. The van der Waals surface area contributed by atoms with Crippen LogP contribution < -0.4 is 5.32 Å². The van der Waals surface area contributed by atoms with Crippen molar-refractivity contribution in [3.63, 3.8) is 0 Å². The molecule has 1 rings (SSSR count). The maximum Gasteiger partial charge on any atom is 0.345 e. The lowest BCUT2D eigenvalue weighted by atomic mass is 10.1. The van der Waals surface area contributed by atoms with Gasteiger partial charge in [-0.1, -0.05) is 51.2 Å². The highest BCUT2D eigenvalue weighted by molar-refractivity contribution is 7.92. The summed E-state index contributed by atoms with van der Waals surface area (Å²) in [5.74, 6) is -1.42. The molecule has 1 N–H and O–H groups in total. The number of hydrogen-bond donors (Lipinski definition) is 1. The van der Waals surface area contributed by atoms with Crippen molar-refractivity contribution in [2.75, 3.05) is 6.54 Å². The molecule has 0 aromatic heterocycles. The van der Waals surface area contributed by atoms with Gasteiger partial charge in [-0.15, -0.1) is 0 Å². The molecule has 7 nitrogen and oxygen atoms in total. The fourth-order valence-corrected chi connectivity index (χ4v) is 3.76. The number of amides is 1. The van der Waals surface area contributed by atoms with Crippen LogP contribution in [0.4, 0.5) is 0 Å². The molecular formula is C20H31NO6S. The lowest BCUT2D eigenvalue weighted by Gasteiger charge is -2.09. The second-order valence-corrected chi connectivity index (χ2v) is 8.34. The lowest BCUT2D eigenvalue weighted by molar-refractivity contribution is -0.134. The van der Waals surface area contributed by atoms with Crippen LogP contribution in [-0.4, -0.2) is 32.6 Å². The standard InChI is InChI=1S/C20H31NO6S/c1-2-3-4-5-7-14-19(23)21-16-11-6-8-15-20(24)27-28(25,26)18-13-10-9-12-17(18)22/h9-10,13H,2-8,11-12,14-16H2,1H3,(H,21,23). The number of ketones is 1. The molecule has 1 aliphatic carbocycles. The number of nitrogens with one attached hydrogen (secondary N) is 1. The average Bonchev–Trinajstić information content (AvgIpc) is 2.64. The van der Waals surface area contributed by atoms with E-state index >= 15 is 0 Å². The highest BCUT2D eigenvalue weighted by Gasteiger charge is 2.28. The number of unbranched alkanes of at least 4 members (excludes halogenated alkanes) is 6. The quantitative estimate of drug-likeness (QED) is 0.346. The molecule has 0 bridgehead atoms. The summed E-state index contributed by atoms with van der Waals surface area (Å²) >= 11 is 0. The molecule has 0 aromatic carbocycles. The highest BCUT2D eigenvalue weighted by Crippen LogP contribution is 2.17. The van der Waals surface area contributed by atoms with Crippen molar-refractivity contribution in [2.45, 2.75) is 77.6 Å².